The number of benzene rings is 1. The lowest BCUT2D eigenvalue weighted by Crippen LogP contribution is -2.38. The van der Waals surface area contributed by atoms with Crippen LogP contribution in [0.1, 0.15) is 17.0 Å². The van der Waals surface area contributed by atoms with Crippen LogP contribution < -0.4 is 5.32 Å². The van der Waals surface area contributed by atoms with Crippen molar-refractivity contribution in [3.05, 3.63) is 34.5 Å². The minimum absolute atomic E-state index is 0.158. The minimum atomic E-state index is -0.158. The largest absolute Gasteiger partial charge is 0.451 e. The Morgan fingerprint density at radius 1 is 1.27 bits per heavy atom. The fraction of sp³-hybridized carbons (Fsp3) is 0.438. The smallest absolute Gasteiger partial charge is 0.287 e. The van der Waals surface area contributed by atoms with Gasteiger partial charge in [-0.25, -0.2) is 0 Å². The number of hydrogen-bond acceptors (Lipinski definition) is 4. The second kappa shape index (κ2) is 7.26. The first-order chi connectivity index (χ1) is 10.7. The van der Waals surface area contributed by atoms with Crippen LogP contribution in [0.15, 0.2) is 33.2 Å². The second-order valence-electron chi connectivity index (χ2n) is 5.36. The normalized spacial score (nSPS) is 16.0. The molecule has 0 aliphatic carbocycles. The number of rotatable bonds is 5. The van der Waals surface area contributed by atoms with Gasteiger partial charge in [-0.1, -0.05) is 15.9 Å². The van der Waals surface area contributed by atoms with Gasteiger partial charge in [-0.2, -0.15) is 0 Å². The first-order valence-corrected chi connectivity index (χ1v) is 8.29. The molecule has 22 heavy (non-hydrogen) atoms. The molecule has 0 bridgehead atoms. The van der Waals surface area contributed by atoms with E-state index in [9.17, 15) is 4.79 Å². The van der Waals surface area contributed by atoms with E-state index in [1.54, 1.807) is 6.07 Å². The van der Waals surface area contributed by atoms with E-state index in [1.807, 2.05) is 18.2 Å². The predicted octanol–water partition coefficient (Wildman–Crippen LogP) is 2.65. The summed E-state index contributed by atoms with van der Waals surface area (Å²) >= 11 is 3.39. The van der Waals surface area contributed by atoms with Gasteiger partial charge in [0.05, 0.1) is 13.2 Å². The van der Waals surface area contributed by atoms with Crippen molar-refractivity contribution in [1.29, 1.82) is 0 Å². The first kappa shape index (κ1) is 15.5. The van der Waals surface area contributed by atoms with Crippen LogP contribution >= 0.6 is 15.9 Å². The fourth-order valence-corrected chi connectivity index (χ4v) is 2.87. The van der Waals surface area contributed by atoms with Gasteiger partial charge < -0.3 is 14.5 Å². The Labute approximate surface area is 137 Å². The number of furan rings is 1. The van der Waals surface area contributed by atoms with Gasteiger partial charge in [-0.3, -0.25) is 9.69 Å². The Balaban J connectivity index is 1.48. The van der Waals surface area contributed by atoms with Crippen LogP contribution in [0.3, 0.4) is 0 Å². The highest BCUT2D eigenvalue weighted by Crippen LogP contribution is 2.23. The molecule has 5 nitrogen and oxygen atoms in total. The van der Waals surface area contributed by atoms with E-state index < -0.39 is 0 Å². The summed E-state index contributed by atoms with van der Waals surface area (Å²) in [7, 11) is 0. The zero-order valence-electron chi connectivity index (χ0n) is 12.3. The average Bonchev–Trinajstić information content (AvgIpc) is 2.95. The van der Waals surface area contributed by atoms with Crippen molar-refractivity contribution in [3.8, 4) is 0 Å². The molecule has 0 radical (unpaired) electrons. The van der Waals surface area contributed by atoms with Crippen molar-refractivity contribution in [2.75, 3.05) is 39.4 Å². The van der Waals surface area contributed by atoms with E-state index in [2.05, 4.69) is 26.1 Å². The Hall–Kier alpha value is -1.37. The summed E-state index contributed by atoms with van der Waals surface area (Å²) in [6, 6.07) is 7.50. The zero-order valence-corrected chi connectivity index (χ0v) is 13.9. The molecule has 0 atom stereocenters. The molecule has 1 aliphatic rings. The molecular formula is C16H19BrN2O3. The summed E-state index contributed by atoms with van der Waals surface area (Å²) in [5, 5.41) is 3.84. The van der Waals surface area contributed by atoms with E-state index >= 15 is 0 Å². The van der Waals surface area contributed by atoms with Crippen LogP contribution in [0.5, 0.6) is 0 Å². The Bertz CT molecular complexity index is 650. The number of nitrogens with one attached hydrogen (secondary N) is 1. The van der Waals surface area contributed by atoms with Crippen molar-refractivity contribution in [3.63, 3.8) is 0 Å². The summed E-state index contributed by atoms with van der Waals surface area (Å²) < 4.78 is 11.8. The third-order valence-corrected chi connectivity index (χ3v) is 4.24. The number of halogens is 1. The van der Waals surface area contributed by atoms with Gasteiger partial charge in [-0.15, -0.1) is 0 Å². The third kappa shape index (κ3) is 3.88. The standard InChI is InChI=1S/C16H19BrN2O3/c17-13-3-2-12-10-15(22-14(12)11-13)16(20)18-4-1-5-19-6-8-21-9-7-19/h2-3,10-11H,1,4-9H2,(H,18,20). The van der Waals surface area contributed by atoms with E-state index in [-0.39, 0.29) is 5.91 Å². The third-order valence-electron chi connectivity index (χ3n) is 3.75. The molecule has 0 spiro atoms. The molecular weight excluding hydrogens is 348 g/mol. The summed E-state index contributed by atoms with van der Waals surface area (Å²) in [5.74, 6) is 0.203. The summed E-state index contributed by atoms with van der Waals surface area (Å²) in [4.78, 5) is 14.5. The second-order valence-corrected chi connectivity index (χ2v) is 6.27. The zero-order chi connectivity index (χ0) is 15.4. The van der Waals surface area contributed by atoms with E-state index in [0.29, 0.717) is 17.9 Å². The molecule has 118 valence electrons. The molecule has 2 aromatic rings. The Morgan fingerprint density at radius 2 is 2.09 bits per heavy atom. The molecule has 1 aromatic carbocycles. The molecule has 0 unspecified atom stereocenters. The van der Waals surface area contributed by atoms with Crippen molar-refractivity contribution in [1.82, 2.24) is 10.2 Å². The number of carbonyl (C=O) groups excluding carboxylic acids is 1. The van der Waals surface area contributed by atoms with Crippen molar-refractivity contribution < 1.29 is 13.9 Å². The Morgan fingerprint density at radius 3 is 2.91 bits per heavy atom. The first-order valence-electron chi connectivity index (χ1n) is 7.50. The van der Waals surface area contributed by atoms with Gasteiger partial charge in [0, 0.05) is 29.5 Å². The van der Waals surface area contributed by atoms with Gasteiger partial charge >= 0.3 is 0 Å². The van der Waals surface area contributed by atoms with E-state index in [0.717, 1.165) is 49.1 Å². The van der Waals surface area contributed by atoms with Crippen LogP contribution in [-0.4, -0.2) is 50.2 Å². The lowest BCUT2D eigenvalue weighted by molar-refractivity contribution is 0.0374. The average molecular weight is 367 g/mol. The number of fused-ring (bicyclic) bond motifs is 1. The molecule has 1 aliphatic heterocycles. The maximum absolute atomic E-state index is 12.1. The minimum Gasteiger partial charge on any atom is -0.451 e. The van der Waals surface area contributed by atoms with Crippen LogP contribution in [0.2, 0.25) is 0 Å². The number of carbonyl (C=O) groups is 1. The number of ether oxygens (including phenoxy) is 1. The lowest BCUT2D eigenvalue weighted by atomic mass is 10.2. The lowest BCUT2D eigenvalue weighted by Gasteiger charge is -2.26. The SMILES string of the molecule is O=C(NCCCN1CCOCC1)c1cc2ccc(Br)cc2o1. The van der Waals surface area contributed by atoms with Crippen molar-refractivity contribution in [2.24, 2.45) is 0 Å². The molecule has 1 aromatic heterocycles. The molecule has 1 fully saturated rings. The molecule has 1 saturated heterocycles. The molecule has 1 N–H and O–H groups in total. The van der Waals surface area contributed by atoms with Gasteiger partial charge in [0.2, 0.25) is 0 Å². The molecule has 6 heteroatoms. The fourth-order valence-electron chi connectivity index (χ4n) is 2.53. The number of morpholine rings is 1. The van der Waals surface area contributed by atoms with Gasteiger partial charge in [-0.05, 0) is 37.2 Å². The number of hydrogen-bond donors (Lipinski definition) is 1. The number of amides is 1. The van der Waals surface area contributed by atoms with Crippen LogP contribution in [0.25, 0.3) is 11.0 Å². The van der Waals surface area contributed by atoms with E-state index in [4.69, 9.17) is 9.15 Å². The monoisotopic (exact) mass is 366 g/mol. The van der Waals surface area contributed by atoms with Crippen molar-refractivity contribution in [2.45, 2.75) is 6.42 Å². The maximum atomic E-state index is 12.1. The topological polar surface area (TPSA) is 54.7 Å². The quantitative estimate of drug-likeness (QED) is 0.826. The van der Waals surface area contributed by atoms with Gasteiger partial charge in [0.1, 0.15) is 5.58 Å². The number of nitrogens with zero attached hydrogens (tertiary/aromatic N) is 1. The Kier molecular flexibility index (Phi) is 5.12. The predicted molar refractivity (Wildman–Crippen MR) is 88.1 cm³/mol. The highest BCUT2D eigenvalue weighted by Gasteiger charge is 2.13. The maximum Gasteiger partial charge on any atom is 0.287 e. The summed E-state index contributed by atoms with van der Waals surface area (Å²) in [6.07, 6.45) is 0.928. The van der Waals surface area contributed by atoms with Crippen LogP contribution in [0.4, 0.5) is 0 Å². The molecule has 2 heterocycles. The van der Waals surface area contributed by atoms with Gasteiger partial charge in [0.25, 0.3) is 5.91 Å². The highest BCUT2D eigenvalue weighted by atomic mass is 79.9. The van der Waals surface area contributed by atoms with Crippen LogP contribution in [0, 0.1) is 0 Å². The summed E-state index contributed by atoms with van der Waals surface area (Å²) in [5.41, 5.74) is 0.716. The molecule has 1 amide bonds. The van der Waals surface area contributed by atoms with Gasteiger partial charge in [0.15, 0.2) is 5.76 Å². The van der Waals surface area contributed by atoms with E-state index in [1.165, 1.54) is 0 Å². The molecule has 0 saturated carbocycles. The summed E-state index contributed by atoms with van der Waals surface area (Å²) in [6.45, 7) is 5.20. The van der Waals surface area contributed by atoms with Crippen molar-refractivity contribution >= 4 is 32.8 Å². The van der Waals surface area contributed by atoms with Crippen LogP contribution in [-0.2, 0) is 4.74 Å². The molecule has 3 rings (SSSR count). The highest BCUT2D eigenvalue weighted by molar-refractivity contribution is 9.10.